The molecule has 12 heteroatoms. The van der Waals surface area contributed by atoms with Crippen LogP contribution >= 0.6 is 7.82 Å². The molecule has 0 amide bonds. The van der Waals surface area contributed by atoms with Gasteiger partial charge in [-0.1, -0.05) is 127 Å². The number of aliphatic hydroxyl groups excluding tert-OH is 2. The summed E-state index contributed by atoms with van der Waals surface area (Å²) in [6.07, 6.45) is 36.1. The van der Waals surface area contributed by atoms with Gasteiger partial charge in [0.1, 0.15) is 6.61 Å². The van der Waals surface area contributed by atoms with Crippen molar-refractivity contribution < 1.29 is 47.8 Å². The number of hydrogen-bond donors (Lipinski definition) is 4. The number of nitrogens with two attached hydrogens (primary N) is 1. The second kappa shape index (κ2) is 38.7. The van der Waals surface area contributed by atoms with Gasteiger partial charge < -0.3 is 30.3 Å². The number of esters is 2. The van der Waals surface area contributed by atoms with E-state index in [0.717, 1.165) is 44.9 Å². The predicted molar refractivity (Wildman–Crippen MR) is 222 cm³/mol. The Labute approximate surface area is 333 Å². The molecule has 5 N–H and O–H groups in total. The Morgan fingerprint density at radius 3 is 1.71 bits per heavy atom. The summed E-state index contributed by atoms with van der Waals surface area (Å²) in [5, 5.41) is 20.3. The van der Waals surface area contributed by atoms with E-state index in [1.807, 2.05) is 30.4 Å². The van der Waals surface area contributed by atoms with E-state index in [0.29, 0.717) is 38.5 Å². The molecule has 0 aromatic carbocycles. The van der Waals surface area contributed by atoms with Crippen LogP contribution in [-0.2, 0) is 32.7 Å². The normalized spacial score (nSPS) is 14.9. The first-order valence-corrected chi connectivity index (χ1v) is 22.8. The molecule has 0 spiro atoms. The first-order valence-electron chi connectivity index (χ1n) is 21.3. The highest BCUT2D eigenvalue weighted by Gasteiger charge is 2.26. The topological polar surface area (TPSA) is 175 Å². The van der Waals surface area contributed by atoms with E-state index < -0.39 is 44.7 Å². The van der Waals surface area contributed by atoms with Crippen molar-refractivity contribution in [3.63, 3.8) is 0 Å². The van der Waals surface area contributed by atoms with Crippen LogP contribution in [0.5, 0.6) is 0 Å². The van der Waals surface area contributed by atoms with Crippen molar-refractivity contribution in [3.8, 4) is 0 Å². The van der Waals surface area contributed by atoms with Crippen molar-refractivity contribution in [3.05, 3.63) is 48.6 Å². The van der Waals surface area contributed by atoms with E-state index in [2.05, 4.69) is 32.1 Å². The molecule has 0 aromatic heterocycles. The maximum absolute atomic E-state index is 12.6. The van der Waals surface area contributed by atoms with Gasteiger partial charge >= 0.3 is 19.8 Å². The minimum Gasteiger partial charge on any atom is -0.462 e. The molecule has 4 atom stereocenters. The molecule has 0 bridgehead atoms. The van der Waals surface area contributed by atoms with Crippen molar-refractivity contribution in [2.75, 3.05) is 26.4 Å². The van der Waals surface area contributed by atoms with Crippen LogP contribution in [0.1, 0.15) is 168 Å². The van der Waals surface area contributed by atoms with Crippen molar-refractivity contribution >= 4 is 19.8 Å². The molecular weight excluding hydrogens is 721 g/mol. The largest absolute Gasteiger partial charge is 0.472 e. The predicted octanol–water partition coefficient (Wildman–Crippen LogP) is 9.88. The lowest BCUT2D eigenvalue weighted by Gasteiger charge is -2.19. The van der Waals surface area contributed by atoms with Gasteiger partial charge in [-0.2, -0.15) is 0 Å². The van der Waals surface area contributed by atoms with Gasteiger partial charge in [0.25, 0.3) is 0 Å². The Morgan fingerprint density at radius 1 is 0.600 bits per heavy atom. The number of carbonyl (C=O) groups is 2. The summed E-state index contributed by atoms with van der Waals surface area (Å²) < 4.78 is 32.6. The highest BCUT2D eigenvalue weighted by atomic mass is 31.2. The first-order chi connectivity index (χ1) is 26.6. The molecule has 0 radical (unpaired) electrons. The molecular formula is C43H78NO10P. The van der Waals surface area contributed by atoms with Crippen LogP contribution in [0.4, 0.5) is 0 Å². The fraction of sp³-hybridized carbons (Fsp3) is 0.767. The summed E-state index contributed by atoms with van der Waals surface area (Å²) >= 11 is 0. The fourth-order valence-electron chi connectivity index (χ4n) is 5.51. The average Bonchev–Trinajstić information content (AvgIpc) is 3.17. The number of rotatable bonds is 39. The number of allylic oxidation sites excluding steroid dienone is 6. The first kappa shape index (κ1) is 52.9. The zero-order valence-corrected chi connectivity index (χ0v) is 35.3. The van der Waals surface area contributed by atoms with Crippen LogP contribution in [0.25, 0.3) is 0 Å². The summed E-state index contributed by atoms with van der Waals surface area (Å²) in [5.74, 6) is -0.977. The third kappa shape index (κ3) is 37.2. The van der Waals surface area contributed by atoms with Gasteiger partial charge in [0, 0.05) is 19.4 Å². The third-order valence-electron chi connectivity index (χ3n) is 8.86. The molecule has 0 rings (SSSR count). The molecule has 320 valence electrons. The zero-order chi connectivity index (χ0) is 40.7. The highest BCUT2D eigenvalue weighted by Crippen LogP contribution is 2.43. The number of phosphoric acid groups is 1. The van der Waals surface area contributed by atoms with Gasteiger partial charge in [0.05, 0.1) is 25.4 Å². The maximum atomic E-state index is 12.6. The van der Waals surface area contributed by atoms with Crippen LogP contribution in [-0.4, -0.2) is 71.7 Å². The van der Waals surface area contributed by atoms with Gasteiger partial charge in [0.15, 0.2) is 6.10 Å². The lowest BCUT2D eigenvalue weighted by atomic mass is 10.1. The van der Waals surface area contributed by atoms with Crippen molar-refractivity contribution in [2.45, 2.75) is 186 Å². The van der Waals surface area contributed by atoms with E-state index in [-0.39, 0.29) is 32.6 Å². The average molecular weight is 800 g/mol. The second-order valence-electron chi connectivity index (χ2n) is 14.2. The number of hydrogen-bond acceptors (Lipinski definition) is 10. The van der Waals surface area contributed by atoms with E-state index in [1.54, 1.807) is 0 Å². The minimum absolute atomic E-state index is 0.0235. The van der Waals surface area contributed by atoms with Gasteiger partial charge in [0.2, 0.25) is 0 Å². The standard InChI is InChI=1S/C43H78NO10P/c1-3-5-7-9-11-12-13-14-15-16-17-18-21-25-29-33-42(47)51-37-39(38-53-55(49,50)52-36-35-44)54-43(48)34-30-26-22-19-20-24-28-32-41(46)40(45)31-27-23-10-8-6-4-2/h14-15,19,22-24,27-28,39-41,45-46H,3-13,16-18,20-21,25-26,29-38,44H2,1-2H3,(H,49,50)/b15-14-,22-19-,27-23+,28-24-. The SMILES string of the molecule is CCCCC/C=C/CC(O)C(O)C/C=C\C/C=C\CCCC(=O)OC(COC(=O)CCCCCCC/C=C\CCCCCCCC)COP(=O)(O)OCCN. The number of ether oxygens (including phenoxy) is 2. The number of aliphatic hydroxyl groups is 2. The molecule has 0 aliphatic carbocycles. The molecule has 0 aromatic rings. The van der Waals surface area contributed by atoms with Crippen molar-refractivity contribution in [2.24, 2.45) is 5.73 Å². The monoisotopic (exact) mass is 800 g/mol. The Hall–Kier alpha value is -2.11. The van der Waals surface area contributed by atoms with Gasteiger partial charge in [-0.05, 0) is 77.0 Å². The summed E-state index contributed by atoms with van der Waals surface area (Å²) in [6, 6.07) is 0. The lowest BCUT2D eigenvalue weighted by Crippen LogP contribution is -2.29. The summed E-state index contributed by atoms with van der Waals surface area (Å²) in [4.78, 5) is 34.8. The highest BCUT2D eigenvalue weighted by molar-refractivity contribution is 7.47. The Morgan fingerprint density at radius 2 is 1.07 bits per heavy atom. The number of carbonyl (C=O) groups excluding carboxylic acids is 2. The number of phosphoric ester groups is 1. The molecule has 0 fully saturated rings. The Bertz CT molecular complexity index is 1080. The van der Waals surface area contributed by atoms with E-state index in [4.69, 9.17) is 24.3 Å². The molecule has 55 heavy (non-hydrogen) atoms. The van der Waals surface area contributed by atoms with Gasteiger partial charge in [-0.15, -0.1) is 0 Å². The smallest absolute Gasteiger partial charge is 0.462 e. The fourth-order valence-corrected chi connectivity index (χ4v) is 6.28. The molecule has 0 saturated carbocycles. The Balaban J connectivity index is 4.39. The number of unbranched alkanes of at least 4 members (excludes halogenated alkanes) is 15. The summed E-state index contributed by atoms with van der Waals surface area (Å²) in [6.45, 7) is 3.45. The van der Waals surface area contributed by atoms with E-state index in [9.17, 15) is 29.3 Å². The van der Waals surface area contributed by atoms with Crippen LogP contribution < -0.4 is 5.73 Å². The van der Waals surface area contributed by atoms with E-state index in [1.165, 1.54) is 57.8 Å². The second-order valence-corrected chi connectivity index (χ2v) is 15.6. The van der Waals surface area contributed by atoms with Gasteiger partial charge in [-0.25, -0.2) is 4.57 Å². The zero-order valence-electron chi connectivity index (χ0n) is 34.4. The summed E-state index contributed by atoms with van der Waals surface area (Å²) in [5.41, 5.74) is 5.33. The molecule has 0 saturated heterocycles. The quantitative estimate of drug-likeness (QED) is 0.0202. The van der Waals surface area contributed by atoms with Crippen LogP contribution in [0, 0.1) is 0 Å². The van der Waals surface area contributed by atoms with Crippen molar-refractivity contribution in [1.82, 2.24) is 0 Å². The van der Waals surface area contributed by atoms with E-state index >= 15 is 0 Å². The molecule has 0 aliphatic heterocycles. The van der Waals surface area contributed by atoms with Crippen LogP contribution in [0.2, 0.25) is 0 Å². The Kier molecular flexibility index (Phi) is 37.3. The summed E-state index contributed by atoms with van der Waals surface area (Å²) in [7, 11) is -4.42. The third-order valence-corrected chi connectivity index (χ3v) is 9.85. The maximum Gasteiger partial charge on any atom is 0.472 e. The molecule has 4 unspecified atom stereocenters. The van der Waals surface area contributed by atoms with Crippen LogP contribution in [0.15, 0.2) is 48.6 Å². The molecule has 0 aliphatic rings. The molecule has 0 heterocycles. The molecule has 11 nitrogen and oxygen atoms in total. The van der Waals surface area contributed by atoms with Crippen LogP contribution in [0.3, 0.4) is 0 Å². The minimum atomic E-state index is -4.42. The lowest BCUT2D eigenvalue weighted by molar-refractivity contribution is -0.161. The van der Waals surface area contributed by atoms with Crippen molar-refractivity contribution in [1.29, 1.82) is 0 Å². The van der Waals surface area contributed by atoms with Gasteiger partial charge in [-0.3, -0.25) is 18.6 Å².